The Morgan fingerprint density at radius 1 is 1.20 bits per heavy atom. The van der Waals surface area contributed by atoms with Crippen molar-refractivity contribution < 1.29 is 4.39 Å². The minimum atomic E-state index is -0.207. The Bertz CT molecular complexity index is 386. The van der Waals surface area contributed by atoms with Gasteiger partial charge in [-0.1, -0.05) is 25.3 Å². The summed E-state index contributed by atoms with van der Waals surface area (Å²) < 4.78 is 13.7. The summed E-state index contributed by atoms with van der Waals surface area (Å²) in [5.74, 6) is 0.160. The van der Waals surface area contributed by atoms with E-state index in [2.05, 4.69) is 0 Å². The molecule has 1 nitrogen and oxygen atoms in total. The number of hydrogen-bond acceptors (Lipinski definition) is 1. The molecule has 2 rings (SSSR count). The van der Waals surface area contributed by atoms with Crippen LogP contribution in [0, 0.1) is 17.1 Å². The van der Waals surface area contributed by atoms with E-state index in [4.69, 9.17) is 5.26 Å². The first-order valence-electron chi connectivity index (χ1n) is 5.51. The molecule has 0 heterocycles. The molecule has 0 saturated heterocycles. The van der Waals surface area contributed by atoms with Crippen LogP contribution in [0.5, 0.6) is 0 Å². The standard InChI is InChI=1S/C13H14FN/c14-13-8-10(9-15)6-7-12(13)11-4-2-1-3-5-11/h6-8,11H,1-5H2. The number of nitriles is 1. The largest absolute Gasteiger partial charge is 0.207 e. The molecule has 0 radical (unpaired) electrons. The van der Waals surface area contributed by atoms with Gasteiger partial charge in [0.2, 0.25) is 0 Å². The molecule has 1 fully saturated rings. The summed E-state index contributed by atoms with van der Waals surface area (Å²) in [7, 11) is 0. The molecule has 0 bridgehead atoms. The highest BCUT2D eigenvalue weighted by atomic mass is 19.1. The summed E-state index contributed by atoms with van der Waals surface area (Å²) in [6.07, 6.45) is 5.84. The maximum Gasteiger partial charge on any atom is 0.127 e. The lowest BCUT2D eigenvalue weighted by Gasteiger charge is -2.22. The Morgan fingerprint density at radius 2 is 1.93 bits per heavy atom. The Labute approximate surface area is 89.5 Å². The molecule has 0 unspecified atom stereocenters. The number of benzene rings is 1. The molecule has 1 aliphatic carbocycles. The maximum absolute atomic E-state index is 13.7. The minimum Gasteiger partial charge on any atom is -0.207 e. The van der Waals surface area contributed by atoms with E-state index < -0.39 is 0 Å². The van der Waals surface area contributed by atoms with E-state index in [1.807, 2.05) is 6.07 Å². The van der Waals surface area contributed by atoms with Crippen LogP contribution in [0.1, 0.15) is 49.1 Å². The normalized spacial score (nSPS) is 17.3. The van der Waals surface area contributed by atoms with Gasteiger partial charge in [-0.25, -0.2) is 4.39 Å². The second-order valence-corrected chi connectivity index (χ2v) is 4.18. The Kier molecular flexibility index (Phi) is 3.01. The van der Waals surface area contributed by atoms with Crippen LogP contribution in [0.15, 0.2) is 18.2 Å². The van der Waals surface area contributed by atoms with Gasteiger partial charge < -0.3 is 0 Å². The van der Waals surface area contributed by atoms with Crippen LogP contribution in [-0.2, 0) is 0 Å². The van der Waals surface area contributed by atoms with Gasteiger partial charge in [0.15, 0.2) is 0 Å². The summed E-state index contributed by atoms with van der Waals surface area (Å²) in [4.78, 5) is 0. The Balaban J connectivity index is 2.24. The van der Waals surface area contributed by atoms with Crippen LogP contribution in [0.25, 0.3) is 0 Å². The van der Waals surface area contributed by atoms with Crippen LogP contribution in [-0.4, -0.2) is 0 Å². The number of rotatable bonds is 1. The van der Waals surface area contributed by atoms with Crippen molar-refractivity contribution in [3.8, 4) is 6.07 Å². The van der Waals surface area contributed by atoms with E-state index >= 15 is 0 Å². The average Bonchev–Trinajstić information content (AvgIpc) is 2.30. The van der Waals surface area contributed by atoms with Crippen LogP contribution < -0.4 is 0 Å². The lowest BCUT2D eigenvalue weighted by molar-refractivity contribution is 0.429. The lowest BCUT2D eigenvalue weighted by Crippen LogP contribution is -2.06. The van der Waals surface area contributed by atoms with E-state index in [0.717, 1.165) is 18.4 Å². The molecule has 1 aromatic rings. The summed E-state index contributed by atoms with van der Waals surface area (Å²) in [6, 6.07) is 6.81. The first kappa shape index (κ1) is 10.2. The summed E-state index contributed by atoms with van der Waals surface area (Å²) in [5, 5.41) is 8.65. The highest BCUT2D eigenvalue weighted by Gasteiger charge is 2.18. The molecule has 0 atom stereocenters. The van der Waals surface area contributed by atoms with Crippen molar-refractivity contribution in [1.82, 2.24) is 0 Å². The predicted octanol–water partition coefficient (Wildman–Crippen LogP) is 3.75. The molecular formula is C13H14FN. The third-order valence-corrected chi connectivity index (χ3v) is 3.17. The SMILES string of the molecule is N#Cc1ccc(C2CCCCC2)c(F)c1. The fourth-order valence-corrected chi connectivity index (χ4v) is 2.34. The molecule has 78 valence electrons. The monoisotopic (exact) mass is 203 g/mol. The third-order valence-electron chi connectivity index (χ3n) is 3.17. The van der Waals surface area contributed by atoms with E-state index in [9.17, 15) is 4.39 Å². The van der Waals surface area contributed by atoms with Gasteiger partial charge in [-0.2, -0.15) is 5.26 Å². The second-order valence-electron chi connectivity index (χ2n) is 4.18. The molecule has 1 aliphatic rings. The molecular weight excluding hydrogens is 189 g/mol. The average molecular weight is 203 g/mol. The molecule has 2 heteroatoms. The van der Waals surface area contributed by atoms with Crippen molar-refractivity contribution in [1.29, 1.82) is 5.26 Å². The van der Waals surface area contributed by atoms with E-state index in [1.54, 1.807) is 12.1 Å². The molecule has 0 aromatic heterocycles. The van der Waals surface area contributed by atoms with Crippen LogP contribution >= 0.6 is 0 Å². The van der Waals surface area contributed by atoms with Crippen LogP contribution in [0.2, 0.25) is 0 Å². The number of hydrogen-bond donors (Lipinski definition) is 0. The minimum absolute atomic E-state index is 0.207. The van der Waals surface area contributed by atoms with Crippen molar-refractivity contribution >= 4 is 0 Å². The Morgan fingerprint density at radius 3 is 2.53 bits per heavy atom. The van der Waals surface area contributed by atoms with Gasteiger partial charge in [-0.15, -0.1) is 0 Å². The fourth-order valence-electron chi connectivity index (χ4n) is 2.34. The lowest BCUT2D eigenvalue weighted by atomic mass is 9.83. The van der Waals surface area contributed by atoms with E-state index in [1.165, 1.54) is 25.3 Å². The van der Waals surface area contributed by atoms with Crippen LogP contribution in [0.3, 0.4) is 0 Å². The van der Waals surface area contributed by atoms with Gasteiger partial charge in [-0.3, -0.25) is 0 Å². The first-order chi connectivity index (χ1) is 7.31. The topological polar surface area (TPSA) is 23.8 Å². The highest BCUT2D eigenvalue weighted by Crippen LogP contribution is 2.33. The maximum atomic E-state index is 13.7. The van der Waals surface area contributed by atoms with Gasteiger partial charge in [0.1, 0.15) is 5.82 Å². The van der Waals surface area contributed by atoms with Crippen LogP contribution in [0.4, 0.5) is 4.39 Å². The van der Waals surface area contributed by atoms with Gasteiger partial charge >= 0.3 is 0 Å². The molecule has 0 N–H and O–H groups in total. The second kappa shape index (κ2) is 4.44. The van der Waals surface area contributed by atoms with E-state index in [-0.39, 0.29) is 5.82 Å². The summed E-state index contributed by atoms with van der Waals surface area (Å²) >= 11 is 0. The van der Waals surface area contributed by atoms with Crippen molar-refractivity contribution in [2.45, 2.75) is 38.0 Å². The molecule has 0 aliphatic heterocycles. The van der Waals surface area contributed by atoms with Gasteiger partial charge in [0.25, 0.3) is 0 Å². The number of nitrogens with zero attached hydrogens (tertiary/aromatic N) is 1. The van der Waals surface area contributed by atoms with Crippen molar-refractivity contribution in [3.63, 3.8) is 0 Å². The quantitative estimate of drug-likeness (QED) is 0.682. The zero-order chi connectivity index (χ0) is 10.7. The molecule has 15 heavy (non-hydrogen) atoms. The van der Waals surface area contributed by atoms with Crippen molar-refractivity contribution in [2.24, 2.45) is 0 Å². The number of halogens is 1. The zero-order valence-corrected chi connectivity index (χ0v) is 8.67. The summed E-state index contributed by atoms with van der Waals surface area (Å²) in [6.45, 7) is 0. The van der Waals surface area contributed by atoms with Crippen molar-refractivity contribution in [3.05, 3.63) is 35.1 Å². The highest BCUT2D eigenvalue weighted by molar-refractivity contribution is 5.34. The van der Waals surface area contributed by atoms with Gasteiger partial charge in [-0.05, 0) is 36.5 Å². The molecule has 0 spiro atoms. The zero-order valence-electron chi connectivity index (χ0n) is 8.67. The Hall–Kier alpha value is -1.36. The smallest absolute Gasteiger partial charge is 0.127 e. The van der Waals surface area contributed by atoms with Gasteiger partial charge in [0.05, 0.1) is 11.6 Å². The molecule has 1 aromatic carbocycles. The third kappa shape index (κ3) is 2.18. The van der Waals surface area contributed by atoms with E-state index in [0.29, 0.717) is 11.5 Å². The molecule has 0 amide bonds. The summed E-state index contributed by atoms with van der Waals surface area (Å²) in [5.41, 5.74) is 1.21. The van der Waals surface area contributed by atoms with Gasteiger partial charge in [0, 0.05) is 0 Å². The van der Waals surface area contributed by atoms with Crippen molar-refractivity contribution in [2.75, 3.05) is 0 Å². The predicted molar refractivity (Wildman–Crippen MR) is 56.9 cm³/mol. The molecule has 1 saturated carbocycles. The first-order valence-corrected chi connectivity index (χ1v) is 5.51. The fraction of sp³-hybridized carbons (Fsp3) is 0.462.